The van der Waals surface area contributed by atoms with E-state index in [1.807, 2.05) is 0 Å². The molecule has 1 heteroatoms. The Balaban J connectivity index is 3.17. The van der Waals surface area contributed by atoms with Crippen molar-refractivity contribution in [2.24, 2.45) is 22.7 Å². The summed E-state index contributed by atoms with van der Waals surface area (Å²) in [5, 5.41) is 0. The van der Waals surface area contributed by atoms with E-state index in [4.69, 9.17) is 0 Å². The Morgan fingerprint density at radius 3 is 2.05 bits per heavy atom. The fraction of sp³-hybridized carbons (Fsp3) is 1.00. The van der Waals surface area contributed by atoms with Gasteiger partial charge in [0.05, 0.1) is 0 Å². The van der Waals surface area contributed by atoms with Crippen molar-refractivity contribution < 1.29 is 0 Å². The molecule has 1 heterocycles. The second kappa shape index (κ2) is 5.39. The van der Waals surface area contributed by atoms with Gasteiger partial charge in [0.1, 0.15) is 0 Å². The summed E-state index contributed by atoms with van der Waals surface area (Å²) in [4.78, 5) is 2.60. The van der Waals surface area contributed by atoms with Gasteiger partial charge in [-0.1, -0.05) is 48.0 Å². The van der Waals surface area contributed by atoms with E-state index < -0.39 is 0 Å². The molecule has 1 aliphatic heterocycles. The zero-order chi connectivity index (χ0) is 15.1. The molecule has 0 radical (unpaired) electrons. The van der Waals surface area contributed by atoms with Gasteiger partial charge in [-0.05, 0) is 56.4 Å². The van der Waals surface area contributed by atoms with Crippen LogP contribution in [0.5, 0.6) is 0 Å². The van der Waals surface area contributed by atoms with Crippen LogP contribution < -0.4 is 0 Å². The van der Waals surface area contributed by atoms with Gasteiger partial charge in [0.2, 0.25) is 0 Å². The van der Waals surface area contributed by atoms with Crippen molar-refractivity contribution >= 4 is 0 Å². The quantitative estimate of drug-likeness (QED) is 0.631. The number of rotatable bonds is 1. The summed E-state index contributed by atoms with van der Waals surface area (Å²) in [6.07, 6.45) is 3.93. The van der Waals surface area contributed by atoms with Gasteiger partial charge >= 0.3 is 0 Å². The number of nitrogens with zero attached hydrogens (tertiary/aromatic N) is 1. The SMILES string of the molecule is CCC1(C)CC(C)(C)N(C)CC(C)(C)CC(C)C1C. The molecule has 1 saturated heterocycles. The Morgan fingerprint density at radius 1 is 1.05 bits per heavy atom. The zero-order valence-electron chi connectivity index (χ0n) is 14.9. The van der Waals surface area contributed by atoms with Gasteiger partial charge in [-0.15, -0.1) is 0 Å². The van der Waals surface area contributed by atoms with Crippen molar-refractivity contribution in [3.05, 3.63) is 0 Å². The highest BCUT2D eigenvalue weighted by molar-refractivity contribution is 4.95. The Kier molecular flexibility index (Phi) is 4.83. The molecule has 19 heavy (non-hydrogen) atoms. The lowest BCUT2D eigenvalue weighted by Crippen LogP contribution is -2.48. The molecule has 1 fully saturated rings. The van der Waals surface area contributed by atoms with Crippen LogP contribution in [0, 0.1) is 22.7 Å². The summed E-state index contributed by atoms with van der Waals surface area (Å²) in [5.41, 5.74) is 1.16. The van der Waals surface area contributed by atoms with E-state index in [0.717, 1.165) is 11.8 Å². The van der Waals surface area contributed by atoms with E-state index in [1.165, 1.54) is 25.8 Å². The van der Waals surface area contributed by atoms with Gasteiger partial charge in [0.15, 0.2) is 0 Å². The molecule has 0 aromatic heterocycles. The molecule has 114 valence electrons. The highest BCUT2D eigenvalue weighted by Crippen LogP contribution is 2.48. The van der Waals surface area contributed by atoms with Gasteiger partial charge < -0.3 is 4.90 Å². The molecule has 0 bridgehead atoms. The third-order valence-electron chi connectivity index (χ3n) is 6.17. The molecule has 3 atom stereocenters. The lowest BCUT2D eigenvalue weighted by Gasteiger charge is -2.45. The second-order valence-corrected chi connectivity index (χ2v) is 8.99. The third kappa shape index (κ3) is 3.74. The molecular formula is C18H37N. The van der Waals surface area contributed by atoms with E-state index in [0.29, 0.717) is 16.4 Å². The Morgan fingerprint density at radius 2 is 1.58 bits per heavy atom. The fourth-order valence-corrected chi connectivity index (χ4v) is 4.39. The van der Waals surface area contributed by atoms with Crippen LogP contribution in [0.3, 0.4) is 0 Å². The van der Waals surface area contributed by atoms with E-state index in [9.17, 15) is 0 Å². The smallest absolute Gasteiger partial charge is 0.0155 e. The highest BCUT2D eigenvalue weighted by atomic mass is 15.2. The largest absolute Gasteiger partial charge is 0.301 e. The normalized spacial score (nSPS) is 40.3. The maximum atomic E-state index is 2.60. The van der Waals surface area contributed by atoms with Crippen molar-refractivity contribution in [1.29, 1.82) is 0 Å². The first-order chi connectivity index (χ1) is 8.43. The standard InChI is InChI=1S/C18H37N/c1-10-18(8)12-17(6,7)19(9)13-16(4,5)11-14(2)15(18)3/h14-15H,10-13H2,1-9H3. The highest BCUT2D eigenvalue weighted by Gasteiger charge is 2.43. The predicted octanol–water partition coefficient (Wildman–Crippen LogP) is 5.21. The summed E-state index contributed by atoms with van der Waals surface area (Å²) >= 11 is 0. The molecule has 0 aliphatic carbocycles. The number of hydrogen-bond acceptors (Lipinski definition) is 1. The van der Waals surface area contributed by atoms with Crippen molar-refractivity contribution in [2.75, 3.05) is 13.6 Å². The average Bonchev–Trinajstić information content (AvgIpc) is 2.25. The summed E-state index contributed by atoms with van der Waals surface area (Å²) < 4.78 is 0. The van der Waals surface area contributed by atoms with E-state index in [-0.39, 0.29) is 0 Å². The van der Waals surface area contributed by atoms with Crippen LogP contribution in [0.2, 0.25) is 0 Å². The van der Waals surface area contributed by atoms with Crippen molar-refractivity contribution in [3.8, 4) is 0 Å². The Labute approximate surface area is 122 Å². The van der Waals surface area contributed by atoms with Crippen LogP contribution >= 0.6 is 0 Å². The van der Waals surface area contributed by atoms with Crippen LogP contribution in [0.15, 0.2) is 0 Å². The maximum Gasteiger partial charge on any atom is 0.0155 e. The van der Waals surface area contributed by atoms with Gasteiger partial charge in [0, 0.05) is 12.1 Å². The Hall–Kier alpha value is -0.0400. The summed E-state index contributed by atoms with van der Waals surface area (Å²) in [6, 6.07) is 0. The van der Waals surface area contributed by atoms with Crippen molar-refractivity contribution in [2.45, 2.75) is 80.2 Å². The topological polar surface area (TPSA) is 3.24 Å². The fourth-order valence-electron chi connectivity index (χ4n) is 4.39. The van der Waals surface area contributed by atoms with E-state index in [2.05, 4.69) is 67.3 Å². The lowest BCUT2D eigenvalue weighted by molar-refractivity contribution is 0.0464. The van der Waals surface area contributed by atoms with Crippen LogP contribution in [0.25, 0.3) is 0 Å². The molecule has 0 aromatic rings. The zero-order valence-corrected chi connectivity index (χ0v) is 14.9. The van der Waals surface area contributed by atoms with Crippen LogP contribution in [-0.4, -0.2) is 24.0 Å². The van der Waals surface area contributed by atoms with Gasteiger partial charge in [-0.2, -0.15) is 0 Å². The first-order valence-electron chi connectivity index (χ1n) is 8.15. The summed E-state index contributed by atoms with van der Waals surface area (Å²) in [5.74, 6) is 1.60. The molecule has 0 amide bonds. The summed E-state index contributed by atoms with van der Waals surface area (Å²) in [6.45, 7) is 20.8. The monoisotopic (exact) mass is 267 g/mol. The molecule has 0 spiro atoms. The number of hydrogen-bond donors (Lipinski definition) is 0. The van der Waals surface area contributed by atoms with Crippen LogP contribution in [-0.2, 0) is 0 Å². The predicted molar refractivity (Wildman–Crippen MR) is 86.5 cm³/mol. The van der Waals surface area contributed by atoms with Gasteiger partial charge in [-0.3, -0.25) is 0 Å². The molecule has 0 saturated carbocycles. The minimum absolute atomic E-state index is 0.292. The summed E-state index contributed by atoms with van der Waals surface area (Å²) in [7, 11) is 2.32. The third-order valence-corrected chi connectivity index (χ3v) is 6.17. The van der Waals surface area contributed by atoms with Crippen LogP contribution in [0.1, 0.15) is 74.7 Å². The second-order valence-electron chi connectivity index (χ2n) is 8.99. The first kappa shape index (κ1) is 17.0. The van der Waals surface area contributed by atoms with Gasteiger partial charge in [-0.25, -0.2) is 0 Å². The maximum absolute atomic E-state index is 2.60. The minimum atomic E-state index is 0.292. The van der Waals surface area contributed by atoms with Crippen LogP contribution in [0.4, 0.5) is 0 Å². The molecule has 1 rings (SSSR count). The molecule has 1 aliphatic rings. The first-order valence-corrected chi connectivity index (χ1v) is 8.15. The molecule has 0 aromatic carbocycles. The Bertz CT molecular complexity index is 305. The molecule has 0 N–H and O–H groups in total. The van der Waals surface area contributed by atoms with E-state index >= 15 is 0 Å². The van der Waals surface area contributed by atoms with Gasteiger partial charge in [0.25, 0.3) is 0 Å². The van der Waals surface area contributed by atoms with E-state index in [1.54, 1.807) is 0 Å². The van der Waals surface area contributed by atoms with Crippen molar-refractivity contribution in [1.82, 2.24) is 4.90 Å². The minimum Gasteiger partial charge on any atom is -0.301 e. The van der Waals surface area contributed by atoms with Crippen molar-refractivity contribution in [3.63, 3.8) is 0 Å². The molecule has 3 unspecified atom stereocenters. The molecule has 1 nitrogen and oxygen atoms in total. The molecular weight excluding hydrogens is 230 g/mol. The average molecular weight is 268 g/mol. The lowest BCUT2D eigenvalue weighted by atomic mass is 9.63.